The van der Waals surface area contributed by atoms with Crippen molar-refractivity contribution in [1.82, 2.24) is 9.97 Å². The summed E-state index contributed by atoms with van der Waals surface area (Å²) < 4.78 is 11.3. The quantitative estimate of drug-likeness (QED) is 0.441. The van der Waals surface area contributed by atoms with Crippen molar-refractivity contribution in [3.8, 4) is 23.1 Å². The number of aryl methyl sites for hydroxylation is 1. The molecule has 7 heteroatoms. The van der Waals surface area contributed by atoms with Crippen LogP contribution in [0.1, 0.15) is 11.1 Å². The summed E-state index contributed by atoms with van der Waals surface area (Å²) in [6.45, 7) is 2.57. The maximum absolute atomic E-state index is 11.4. The summed E-state index contributed by atoms with van der Waals surface area (Å²) in [6.07, 6.45) is 1.52. The fourth-order valence-electron chi connectivity index (χ4n) is 2.80. The Balaban J connectivity index is 1.45. The number of aromatic nitrogens is 2. The number of aromatic hydroxyl groups is 1. The third-order valence-electron chi connectivity index (χ3n) is 4.10. The zero-order valence-corrected chi connectivity index (χ0v) is 15.9. The van der Waals surface area contributed by atoms with Crippen LogP contribution < -0.4 is 10.4 Å². The summed E-state index contributed by atoms with van der Waals surface area (Å²) >= 11 is 1.46. The van der Waals surface area contributed by atoms with Gasteiger partial charge in [0.2, 0.25) is 5.88 Å². The Morgan fingerprint density at radius 1 is 1.11 bits per heavy atom. The minimum atomic E-state index is -0.491. The van der Waals surface area contributed by atoms with Crippen molar-refractivity contribution in [1.29, 1.82) is 0 Å². The van der Waals surface area contributed by atoms with Gasteiger partial charge in [-0.1, -0.05) is 41.6 Å². The van der Waals surface area contributed by atoms with Crippen LogP contribution in [0.25, 0.3) is 11.5 Å². The molecular formula is C21H18N2O4S. The van der Waals surface area contributed by atoms with Gasteiger partial charge in [-0.2, -0.15) is 0 Å². The Morgan fingerprint density at radius 2 is 1.93 bits per heavy atom. The van der Waals surface area contributed by atoms with E-state index in [1.807, 2.05) is 36.4 Å². The van der Waals surface area contributed by atoms with E-state index in [1.165, 1.54) is 23.6 Å². The molecule has 4 rings (SSSR count). The highest BCUT2D eigenvalue weighted by molar-refractivity contribution is 7.99. The maximum Gasteiger partial charge on any atom is 0.326 e. The molecular weight excluding hydrogens is 376 g/mol. The smallest absolute Gasteiger partial charge is 0.326 e. The van der Waals surface area contributed by atoms with Gasteiger partial charge < -0.3 is 14.3 Å². The fourth-order valence-corrected chi connectivity index (χ4v) is 3.69. The number of aromatic amines is 2. The molecule has 6 nitrogen and oxygen atoms in total. The molecule has 0 bridgehead atoms. The summed E-state index contributed by atoms with van der Waals surface area (Å²) in [5.41, 5.74) is 2.07. The minimum absolute atomic E-state index is 0.232. The molecule has 2 heterocycles. The Bertz CT molecular complexity index is 1140. The van der Waals surface area contributed by atoms with Gasteiger partial charge in [-0.25, -0.2) is 4.79 Å². The van der Waals surface area contributed by atoms with Gasteiger partial charge in [0.1, 0.15) is 18.1 Å². The van der Waals surface area contributed by atoms with E-state index in [0.29, 0.717) is 12.4 Å². The Morgan fingerprint density at radius 3 is 2.64 bits per heavy atom. The van der Waals surface area contributed by atoms with Crippen molar-refractivity contribution in [3.05, 3.63) is 82.5 Å². The van der Waals surface area contributed by atoms with Crippen LogP contribution >= 0.6 is 11.8 Å². The first kappa shape index (κ1) is 18.1. The first-order chi connectivity index (χ1) is 13.6. The highest BCUT2D eigenvalue weighted by atomic mass is 32.2. The van der Waals surface area contributed by atoms with Crippen molar-refractivity contribution in [2.45, 2.75) is 23.3 Å². The Labute approximate surface area is 165 Å². The molecule has 142 valence electrons. The van der Waals surface area contributed by atoms with Crippen LogP contribution in [0.4, 0.5) is 0 Å². The van der Waals surface area contributed by atoms with Gasteiger partial charge in [-0.3, -0.25) is 9.97 Å². The molecule has 0 radical (unpaired) electrons. The number of rotatable bonds is 6. The van der Waals surface area contributed by atoms with Crippen LogP contribution in [0.2, 0.25) is 0 Å². The number of nitrogens with one attached hydrogen (secondary N) is 2. The van der Waals surface area contributed by atoms with Crippen molar-refractivity contribution in [2.24, 2.45) is 0 Å². The lowest BCUT2D eigenvalue weighted by Gasteiger charge is -2.08. The van der Waals surface area contributed by atoms with Gasteiger partial charge in [-0.15, -0.1) is 0 Å². The van der Waals surface area contributed by atoms with E-state index in [0.717, 1.165) is 21.1 Å². The van der Waals surface area contributed by atoms with E-state index in [4.69, 9.17) is 9.15 Å². The second kappa shape index (κ2) is 7.74. The number of H-pyrrole nitrogens is 2. The zero-order chi connectivity index (χ0) is 19.5. The normalized spacial score (nSPS) is 10.9. The van der Waals surface area contributed by atoms with Crippen LogP contribution in [-0.4, -0.2) is 15.1 Å². The van der Waals surface area contributed by atoms with Gasteiger partial charge in [0, 0.05) is 4.90 Å². The lowest BCUT2D eigenvalue weighted by atomic mass is 10.1. The van der Waals surface area contributed by atoms with Crippen LogP contribution in [0.5, 0.6) is 11.6 Å². The number of hydrogen-bond donors (Lipinski definition) is 3. The van der Waals surface area contributed by atoms with E-state index in [9.17, 15) is 9.90 Å². The predicted molar refractivity (Wildman–Crippen MR) is 107 cm³/mol. The molecule has 0 aliphatic carbocycles. The lowest BCUT2D eigenvalue weighted by molar-refractivity contribution is 0.306. The van der Waals surface area contributed by atoms with Gasteiger partial charge in [0.05, 0.1) is 11.2 Å². The third-order valence-corrected chi connectivity index (χ3v) is 5.15. The second-order valence-corrected chi connectivity index (χ2v) is 7.38. The van der Waals surface area contributed by atoms with E-state index >= 15 is 0 Å². The van der Waals surface area contributed by atoms with Crippen LogP contribution in [0, 0.1) is 6.92 Å². The lowest BCUT2D eigenvalue weighted by Crippen LogP contribution is -2.00. The van der Waals surface area contributed by atoms with Crippen molar-refractivity contribution in [2.75, 3.05) is 0 Å². The van der Waals surface area contributed by atoms with Crippen molar-refractivity contribution >= 4 is 11.8 Å². The topological polar surface area (TPSA) is 91.2 Å². The SMILES string of the molecule is Cc1cccc(COc2ccc(Sc3ccoc3-c3[nH]c(=O)[nH]c3O)cc2)c1. The van der Waals surface area contributed by atoms with E-state index in [2.05, 4.69) is 29.0 Å². The third kappa shape index (κ3) is 3.99. The van der Waals surface area contributed by atoms with E-state index < -0.39 is 5.69 Å². The molecule has 0 saturated carbocycles. The molecule has 0 aliphatic heterocycles. The van der Waals surface area contributed by atoms with Gasteiger partial charge in [0.25, 0.3) is 0 Å². The Hall–Kier alpha value is -3.32. The van der Waals surface area contributed by atoms with Crippen molar-refractivity contribution < 1.29 is 14.3 Å². The molecule has 3 N–H and O–H groups in total. The average molecular weight is 394 g/mol. The molecule has 0 atom stereocenters. The van der Waals surface area contributed by atoms with Gasteiger partial charge in [0.15, 0.2) is 5.76 Å². The maximum atomic E-state index is 11.4. The summed E-state index contributed by atoms with van der Waals surface area (Å²) in [5, 5.41) is 9.83. The molecule has 4 aromatic rings. The van der Waals surface area contributed by atoms with Gasteiger partial charge in [-0.05, 0) is 42.8 Å². The summed E-state index contributed by atoms with van der Waals surface area (Å²) in [7, 11) is 0. The fraction of sp³-hybridized carbons (Fsp3) is 0.0952. The molecule has 0 aliphatic rings. The number of ether oxygens (including phenoxy) is 1. The Kier molecular flexibility index (Phi) is 4.99. The second-order valence-electron chi connectivity index (χ2n) is 6.27. The number of furan rings is 1. The number of benzene rings is 2. The first-order valence-electron chi connectivity index (χ1n) is 8.64. The first-order valence-corrected chi connectivity index (χ1v) is 9.45. The molecule has 2 aromatic carbocycles. The van der Waals surface area contributed by atoms with E-state index in [1.54, 1.807) is 6.07 Å². The highest BCUT2D eigenvalue weighted by Crippen LogP contribution is 2.38. The minimum Gasteiger partial charge on any atom is -0.493 e. The standard InChI is InChI=1S/C21H18N2O4S/c1-13-3-2-4-14(11-13)12-27-15-5-7-16(8-6-15)28-17-9-10-26-19(17)18-20(24)23-21(25)22-18/h2-11,24H,12H2,1H3,(H2,22,23,25). The molecule has 2 aromatic heterocycles. The van der Waals surface area contributed by atoms with E-state index in [-0.39, 0.29) is 11.6 Å². The molecule has 28 heavy (non-hydrogen) atoms. The summed E-state index contributed by atoms with van der Waals surface area (Å²) in [5.74, 6) is 0.938. The summed E-state index contributed by atoms with van der Waals surface area (Å²) in [6, 6.07) is 17.7. The largest absolute Gasteiger partial charge is 0.493 e. The van der Waals surface area contributed by atoms with Crippen LogP contribution in [-0.2, 0) is 6.61 Å². The van der Waals surface area contributed by atoms with Gasteiger partial charge >= 0.3 is 5.69 Å². The molecule has 0 fully saturated rings. The van der Waals surface area contributed by atoms with Crippen LogP contribution in [0.15, 0.2) is 79.9 Å². The zero-order valence-electron chi connectivity index (χ0n) is 15.1. The molecule has 0 amide bonds. The molecule has 0 unspecified atom stereocenters. The van der Waals surface area contributed by atoms with Crippen LogP contribution in [0.3, 0.4) is 0 Å². The monoisotopic (exact) mass is 394 g/mol. The summed E-state index contributed by atoms with van der Waals surface area (Å²) in [4.78, 5) is 17.9. The number of imidazole rings is 1. The van der Waals surface area contributed by atoms with Crippen molar-refractivity contribution in [3.63, 3.8) is 0 Å². The molecule has 0 spiro atoms. The predicted octanol–water partition coefficient (Wildman–Crippen LogP) is 4.71. The highest BCUT2D eigenvalue weighted by Gasteiger charge is 2.17. The average Bonchev–Trinajstić information content (AvgIpc) is 3.26. The molecule has 0 saturated heterocycles. The number of hydrogen-bond acceptors (Lipinski definition) is 5.